The van der Waals surface area contributed by atoms with Gasteiger partial charge < -0.3 is 5.73 Å². The highest BCUT2D eigenvalue weighted by Crippen LogP contribution is 2.14. The Balaban J connectivity index is 2.25. The number of hydrogen-bond donors (Lipinski definition) is 2. The fraction of sp³-hybridized carbons (Fsp3) is 0.167. The Morgan fingerprint density at radius 2 is 2.29 bits per heavy atom. The molecule has 0 fully saturated rings. The second-order valence-electron chi connectivity index (χ2n) is 3.91. The van der Waals surface area contributed by atoms with Crippen LogP contribution in [0, 0.1) is 12.3 Å². The van der Waals surface area contributed by atoms with Gasteiger partial charge in [0.1, 0.15) is 5.84 Å². The van der Waals surface area contributed by atoms with Gasteiger partial charge >= 0.3 is 0 Å². The molecule has 0 bridgehead atoms. The first-order chi connectivity index (χ1) is 8.06. The number of rotatable bonds is 3. The molecule has 5 heteroatoms. The molecular weight excluding hydrogens is 280 g/mol. The summed E-state index contributed by atoms with van der Waals surface area (Å²) >= 11 is 3.37. The van der Waals surface area contributed by atoms with E-state index in [-0.39, 0.29) is 5.84 Å². The summed E-state index contributed by atoms with van der Waals surface area (Å²) in [5, 5.41) is 11.6. The molecule has 0 aliphatic carbocycles. The number of nitrogens with one attached hydrogen (secondary N) is 1. The lowest BCUT2D eigenvalue weighted by molar-refractivity contribution is 0.684. The molecule has 1 heterocycles. The average molecular weight is 293 g/mol. The van der Waals surface area contributed by atoms with Gasteiger partial charge in [-0.2, -0.15) is 5.10 Å². The van der Waals surface area contributed by atoms with E-state index in [1.807, 2.05) is 36.0 Å². The molecule has 0 saturated heterocycles. The standard InChI is InChI=1S/C12H13BrN4/c1-8-4-9(12(14)15)2-3-10(8)6-17-7-11(13)5-16-17/h2-5,7H,6H2,1H3,(H3,14,15). The summed E-state index contributed by atoms with van der Waals surface area (Å²) in [6, 6.07) is 5.78. The number of nitrogen functional groups attached to an aromatic ring is 1. The minimum absolute atomic E-state index is 0.0986. The van der Waals surface area contributed by atoms with Gasteiger partial charge in [-0.3, -0.25) is 10.1 Å². The van der Waals surface area contributed by atoms with Crippen LogP contribution in [0.2, 0.25) is 0 Å². The molecule has 17 heavy (non-hydrogen) atoms. The fourth-order valence-corrected chi connectivity index (χ4v) is 1.97. The number of aromatic nitrogens is 2. The molecule has 0 amide bonds. The first-order valence-electron chi connectivity index (χ1n) is 5.18. The molecule has 1 aromatic heterocycles. The summed E-state index contributed by atoms with van der Waals surface area (Å²) in [4.78, 5) is 0. The van der Waals surface area contributed by atoms with Crippen LogP contribution in [0.15, 0.2) is 35.1 Å². The van der Waals surface area contributed by atoms with E-state index >= 15 is 0 Å². The van der Waals surface area contributed by atoms with Gasteiger partial charge in [-0.1, -0.05) is 12.1 Å². The first kappa shape index (κ1) is 11.9. The molecule has 1 aromatic carbocycles. The number of benzene rings is 1. The maximum Gasteiger partial charge on any atom is 0.122 e. The minimum atomic E-state index is 0.0986. The van der Waals surface area contributed by atoms with E-state index in [2.05, 4.69) is 21.0 Å². The number of nitrogens with zero attached hydrogens (tertiary/aromatic N) is 2. The Labute approximate surface area is 108 Å². The topological polar surface area (TPSA) is 67.7 Å². The van der Waals surface area contributed by atoms with Crippen LogP contribution in [0.4, 0.5) is 0 Å². The van der Waals surface area contributed by atoms with E-state index < -0.39 is 0 Å². The maximum atomic E-state index is 7.38. The van der Waals surface area contributed by atoms with Crippen LogP contribution in [-0.2, 0) is 6.54 Å². The monoisotopic (exact) mass is 292 g/mol. The van der Waals surface area contributed by atoms with E-state index in [1.165, 1.54) is 5.56 Å². The Bertz CT molecular complexity index is 559. The summed E-state index contributed by atoms with van der Waals surface area (Å²) < 4.78 is 2.83. The van der Waals surface area contributed by atoms with Gasteiger partial charge in [-0.05, 0) is 40.0 Å². The number of hydrogen-bond acceptors (Lipinski definition) is 2. The molecular formula is C12H13BrN4. The van der Waals surface area contributed by atoms with Gasteiger partial charge in [0.2, 0.25) is 0 Å². The Hall–Kier alpha value is -1.62. The Morgan fingerprint density at radius 3 is 2.82 bits per heavy atom. The van der Waals surface area contributed by atoms with Crippen molar-refractivity contribution in [3.05, 3.63) is 51.8 Å². The number of amidine groups is 1. The van der Waals surface area contributed by atoms with E-state index in [0.717, 1.165) is 22.1 Å². The molecule has 88 valence electrons. The van der Waals surface area contributed by atoms with Gasteiger partial charge in [-0.15, -0.1) is 0 Å². The molecule has 0 aliphatic rings. The predicted octanol–water partition coefficient (Wildman–Crippen LogP) is 2.29. The van der Waals surface area contributed by atoms with Gasteiger partial charge in [0.15, 0.2) is 0 Å². The fourth-order valence-electron chi connectivity index (χ4n) is 1.64. The molecule has 0 atom stereocenters. The number of nitrogens with two attached hydrogens (primary N) is 1. The van der Waals surface area contributed by atoms with Crippen LogP contribution in [0.1, 0.15) is 16.7 Å². The smallest absolute Gasteiger partial charge is 0.122 e. The van der Waals surface area contributed by atoms with E-state index in [9.17, 15) is 0 Å². The van der Waals surface area contributed by atoms with Crippen molar-refractivity contribution in [2.24, 2.45) is 5.73 Å². The summed E-state index contributed by atoms with van der Waals surface area (Å²) in [5.74, 6) is 0.0986. The van der Waals surface area contributed by atoms with Crippen LogP contribution in [-0.4, -0.2) is 15.6 Å². The van der Waals surface area contributed by atoms with E-state index in [0.29, 0.717) is 0 Å². The first-order valence-corrected chi connectivity index (χ1v) is 5.97. The van der Waals surface area contributed by atoms with Crippen molar-refractivity contribution < 1.29 is 0 Å². The second kappa shape index (κ2) is 4.71. The van der Waals surface area contributed by atoms with Crippen molar-refractivity contribution >= 4 is 21.8 Å². The van der Waals surface area contributed by atoms with Crippen LogP contribution in [0.3, 0.4) is 0 Å². The van der Waals surface area contributed by atoms with Gasteiger partial charge in [0.05, 0.1) is 17.2 Å². The molecule has 0 unspecified atom stereocenters. The number of halogens is 1. The molecule has 2 aromatic rings. The Morgan fingerprint density at radius 1 is 1.53 bits per heavy atom. The normalized spacial score (nSPS) is 10.5. The third-order valence-electron chi connectivity index (χ3n) is 2.59. The maximum absolute atomic E-state index is 7.38. The van der Waals surface area contributed by atoms with Crippen LogP contribution < -0.4 is 5.73 Å². The predicted molar refractivity (Wildman–Crippen MR) is 71.2 cm³/mol. The average Bonchev–Trinajstić information content (AvgIpc) is 2.67. The van der Waals surface area contributed by atoms with Crippen molar-refractivity contribution in [1.29, 1.82) is 5.41 Å². The zero-order chi connectivity index (χ0) is 12.4. The van der Waals surface area contributed by atoms with Crippen molar-refractivity contribution in [3.63, 3.8) is 0 Å². The molecule has 4 nitrogen and oxygen atoms in total. The second-order valence-corrected chi connectivity index (χ2v) is 4.83. The SMILES string of the molecule is Cc1cc(C(=N)N)ccc1Cn1cc(Br)cn1. The van der Waals surface area contributed by atoms with Crippen LogP contribution in [0.5, 0.6) is 0 Å². The van der Waals surface area contributed by atoms with Crippen LogP contribution in [0.25, 0.3) is 0 Å². The number of aryl methyl sites for hydroxylation is 1. The zero-order valence-corrected chi connectivity index (χ0v) is 11.0. The highest BCUT2D eigenvalue weighted by molar-refractivity contribution is 9.10. The van der Waals surface area contributed by atoms with Crippen molar-refractivity contribution in [1.82, 2.24) is 9.78 Å². The van der Waals surface area contributed by atoms with E-state index in [1.54, 1.807) is 6.20 Å². The van der Waals surface area contributed by atoms with Crippen molar-refractivity contribution in [2.45, 2.75) is 13.5 Å². The minimum Gasteiger partial charge on any atom is -0.384 e. The third kappa shape index (κ3) is 2.74. The lowest BCUT2D eigenvalue weighted by atomic mass is 10.0. The molecule has 0 saturated carbocycles. The third-order valence-corrected chi connectivity index (χ3v) is 3.00. The van der Waals surface area contributed by atoms with Crippen LogP contribution >= 0.6 is 15.9 Å². The largest absolute Gasteiger partial charge is 0.384 e. The van der Waals surface area contributed by atoms with Gasteiger partial charge in [0.25, 0.3) is 0 Å². The lowest BCUT2D eigenvalue weighted by Gasteiger charge is -2.08. The summed E-state index contributed by atoms with van der Waals surface area (Å²) in [5.41, 5.74) is 8.49. The highest BCUT2D eigenvalue weighted by Gasteiger charge is 2.04. The highest BCUT2D eigenvalue weighted by atomic mass is 79.9. The summed E-state index contributed by atoms with van der Waals surface area (Å²) in [6.45, 7) is 2.73. The zero-order valence-electron chi connectivity index (χ0n) is 9.44. The summed E-state index contributed by atoms with van der Waals surface area (Å²) in [6.07, 6.45) is 3.69. The molecule has 0 spiro atoms. The molecule has 0 aliphatic heterocycles. The molecule has 3 N–H and O–H groups in total. The van der Waals surface area contributed by atoms with Gasteiger partial charge in [0, 0.05) is 11.8 Å². The molecule has 0 radical (unpaired) electrons. The van der Waals surface area contributed by atoms with Gasteiger partial charge in [-0.25, -0.2) is 0 Å². The summed E-state index contributed by atoms with van der Waals surface area (Å²) in [7, 11) is 0. The van der Waals surface area contributed by atoms with E-state index in [4.69, 9.17) is 11.1 Å². The lowest BCUT2D eigenvalue weighted by Crippen LogP contribution is -2.12. The van der Waals surface area contributed by atoms with Crippen molar-refractivity contribution in [2.75, 3.05) is 0 Å². The molecule has 2 rings (SSSR count). The Kier molecular flexibility index (Phi) is 3.28. The van der Waals surface area contributed by atoms with Crippen molar-refractivity contribution in [3.8, 4) is 0 Å². The quantitative estimate of drug-likeness (QED) is 0.673.